The van der Waals surface area contributed by atoms with Gasteiger partial charge in [-0.3, -0.25) is 10.1 Å². The quantitative estimate of drug-likeness (QED) is 0.575. The molecule has 0 aliphatic heterocycles. The molecule has 0 amide bonds. The summed E-state index contributed by atoms with van der Waals surface area (Å²) >= 11 is 0. The van der Waals surface area contributed by atoms with Crippen molar-refractivity contribution in [2.75, 3.05) is 6.61 Å². The van der Waals surface area contributed by atoms with E-state index in [9.17, 15) is 10.1 Å². The monoisotopic (exact) mass is 252 g/mol. The molecule has 0 radical (unpaired) electrons. The first-order valence-corrected chi connectivity index (χ1v) is 6.12. The van der Waals surface area contributed by atoms with Gasteiger partial charge in [-0.1, -0.05) is 32.0 Å². The summed E-state index contributed by atoms with van der Waals surface area (Å²) in [4.78, 5) is 10.5. The van der Waals surface area contributed by atoms with E-state index in [0.29, 0.717) is 24.4 Å². The van der Waals surface area contributed by atoms with Crippen molar-refractivity contribution in [1.29, 1.82) is 0 Å². The second kappa shape index (κ2) is 7.08. The number of nitrogens with zero attached hydrogens (tertiary/aromatic N) is 1. The van der Waals surface area contributed by atoms with Crippen molar-refractivity contribution in [3.05, 3.63) is 39.9 Å². The number of rotatable bonds is 7. The zero-order chi connectivity index (χ0) is 13.5. The Hall–Kier alpha value is -1.46. The molecule has 18 heavy (non-hydrogen) atoms. The average molecular weight is 252 g/mol. The lowest BCUT2D eigenvalue weighted by Crippen LogP contribution is -2.34. The van der Waals surface area contributed by atoms with Crippen molar-refractivity contribution < 1.29 is 10.0 Å². The highest BCUT2D eigenvalue weighted by Gasteiger charge is 2.16. The molecule has 0 saturated heterocycles. The van der Waals surface area contributed by atoms with E-state index < -0.39 is 0 Å². The van der Waals surface area contributed by atoms with Crippen LogP contribution in [0.15, 0.2) is 24.3 Å². The predicted molar refractivity (Wildman–Crippen MR) is 70.3 cm³/mol. The summed E-state index contributed by atoms with van der Waals surface area (Å²) in [5.74, 6) is 0.375. The van der Waals surface area contributed by atoms with E-state index in [-0.39, 0.29) is 23.3 Å². The first-order valence-electron chi connectivity index (χ1n) is 6.12. The summed E-state index contributed by atoms with van der Waals surface area (Å²) in [6, 6.07) is 6.87. The molecule has 100 valence electrons. The third-order valence-corrected chi connectivity index (χ3v) is 2.99. The van der Waals surface area contributed by atoms with Crippen LogP contribution in [0.4, 0.5) is 5.69 Å². The van der Waals surface area contributed by atoms with Gasteiger partial charge in [0.2, 0.25) is 0 Å². The Morgan fingerprint density at radius 3 is 2.61 bits per heavy atom. The van der Waals surface area contributed by atoms with E-state index in [1.165, 1.54) is 6.07 Å². The number of hydrogen-bond donors (Lipinski definition) is 2. The summed E-state index contributed by atoms with van der Waals surface area (Å²) in [5.41, 5.74) is 0.808. The molecule has 0 aliphatic rings. The Morgan fingerprint density at radius 1 is 1.39 bits per heavy atom. The minimum atomic E-state index is -0.368. The van der Waals surface area contributed by atoms with Gasteiger partial charge >= 0.3 is 0 Å². The highest BCUT2D eigenvalue weighted by atomic mass is 16.6. The highest BCUT2D eigenvalue weighted by molar-refractivity contribution is 5.39. The van der Waals surface area contributed by atoms with Crippen molar-refractivity contribution >= 4 is 5.69 Å². The molecule has 1 unspecified atom stereocenters. The number of aliphatic hydroxyl groups excluding tert-OH is 1. The second-order valence-corrected chi connectivity index (χ2v) is 4.63. The van der Waals surface area contributed by atoms with Gasteiger partial charge in [0.05, 0.1) is 4.92 Å². The van der Waals surface area contributed by atoms with Gasteiger partial charge in [-0.05, 0) is 12.3 Å². The molecule has 5 heteroatoms. The van der Waals surface area contributed by atoms with Crippen molar-refractivity contribution in [3.63, 3.8) is 0 Å². The standard InChI is InChI=1S/C13H20N2O3/c1-10(2)12(7-8-16)14-9-11-5-3-4-6-13(11)15(17)18/h3-6,10,12,14,16H,7-9H2,1-2H3. The van der Waals surface area contributed by atoms with Gasteiger partial charge in [-0.25, -0.2) is 0 Å². The molecule has 1 rings (SSSR count). The third-order valence-electron chi connectivity index (χ3n) is 2.99. The highest BCUT2D eigenvalue weighted by Crippen LogP contribution is 2.18. The van der Waals surface area contributed by atoms with Gasteiger partial charge in [0.1, 0.15) is 0 Å². The zero-order valence-corrected chi connectivity index (χ0v) is 10.8. The Morgan fingerprint density at radius 2 is 2.06 bits per heavy atom. The Kier molecular flexibility index (Phi) is 5.74. The minimum Gasteiger partial charge on any atom is -0.396 e. The molecule has 0 aromatic heterocycles. The Bertz CT molecular complexity index is 394. The largest absolute Gasteiger partial charge is 0.396 e. The molecule has 5 nitrogen and oxygen atoms in total. The number of aliphatic hydroxyl groups is 1. The molecule has 0 bridgehead atoms. The van der Waals surface area contributed by atoms with Crippen LogP contribution in [0.3, 0.4) is 0 Å². The van der Waals surface area contributed by atoms with E-state index in [1.807, 2.05) is 0 Å². The average Bonchev–Trinajstić information content (AvgIpc) is 2.34. The van der Waals surface area contributed by atoms with E-state index in [2.05, 4.69) is 19.2 Å². The molecule has 1 aromatic carbocycles. The number of benzene rings is 1. The number of para-hydroxylation sites is 1. The van der Waals surface area contributed by atoms with Crippen molar-refractivity contribution in [2.45, 2.75) is 32.9 Å². The van der Waals surface area contributed by atoms with Crippen molar-refractivity contribution in [2.24, 2.45) is 5.92 Å². The summed E-state index contributed by atoms with van der Waals surface area (Å²) in [6.45, 7) is 4.69. The van der Waals surface area contributed by atoms with Crippen LogP contribution in [0, 0.1) is 16.0 Å². The van der Waals surface area contributed by atoms with E-state index >= 15 is 0 Å². The van der Waals surface area contributed by atoms with Crippen LogP contribution in [0.5, 0.6) is 0 Å². The molecule has 0 spiro atoms. The van der Waals surface area contributed by atoms with Crippen LogP contribution in [-0.4, -0.2) is 22.7 Å². The van der Waals surface area contributed by atoms with E-state index in [0.717, 1.165) is 0 Å². The molecule has 1 aromatic rings. The number of nitro benzene ring substituents is 1. The Labute approximate surface area is 107 Å². The lowest BCUT2D eigenvalue weighted by molar-refractivity contribution is -0.385. The van der Waals surface area contributed by atoms with Crippen molar-refractivity contribution in [3.8, 4) is 0 Å². The lowest BCUT2D eigenvalue weighted by Gasteiger charge is -2.21. The van der Waals surface area contributed by atoms with E-state index in [1.54, 1.807) is 18.2 Å². The molecule has 0 aliphatic carbocycles. The first-order chi connectivity index (χ1) is 8.56. The molecule has 0 fully saturated rings. The molecule has 0 heterocycles. The lowest BCUT2D eigenvalue weighted by atomic mass is 10.0. The fourth-order valence-electron chi connectivity index (χ4n) is 1.89. The summed E-state index contributed by atoms with van der Waals surface area (Å²) in [5, 5.41) is 23.1. The van der Waals surface area contributed by atoms with E-state index in [4.69, 9.17) is 5.11 Å². The maximum Gasteiger partial charge on any atom is 0.273 e. The fraction of sp³-hybridized carbons (Fsp3) is 0.538. The Balaban J connectivity index is 2.70. The maximum atomic E-state index is 10.9. The minimum absolute atomic E-state index is 0.118. The maximum absolute atomic E-state index is 10.9. The third kappa shape index (κ3) is 4.09. The molecule has 1 atom stereocenters. The fourth-order valence-corrected chi connectivity index (χ4v) is 1.89. The zero-order valence-electron chi connectivity index (χ0n) is 10.8. The molecule has 2 N–H and O–H groups in total. The van der Waals surface area contributed by atoms with Gasteiger partial charge in [0, 0.05) is 30.8 Å². The summed E-state index contributed by atoms with van der Waals surface area (Å²) < 4.78 is 0. The van der Waals surface area contributed by atoms with Crippen LogP contribution in [0.25, 0.3) is 0 Å². The summed E-state index contributed by atoms with van der Waals surface area (Å²) in [7, 11) is 0. The van der Waals surface area contributed by atoms with Crippen LogP contribution in [-0.2, 0) is 6.54 Å². The number of hydrogen-bond acceptors (Lipinski definition) is 4. The topological polar surface area (TPSA) is 75.4 Å². The molecule has 0 saturated carbocycles. The molecular weight excluding hydrogens is 232 g/mol. The van der Waals surface area contributed by atoms with Crippen LogP contribution >= 0.6 is 0 Å². The first kappa shape index (κ1) is 14.6. The van der Waals surface area contributed by atoms with Gasteiger partial charge in [0.25, 0.3) is 5.69 Å². The SMILES string of the molecule is CC(C)C(CCO)NCc1ccccc1[N+](=O)[O-]. The van der Waals surface area contributed by atoms with Gasteiger partial charge in [-0.2, -0.15) is 0 Å². The number of nitrogens with one attached hydrogen (secondary N) is 1. The summed E-state index contributed by atoms with van der Waals surface area (Å²) in [6.07, 6.45) is 0.651. The second-order valence-electron chi connectivity index (χ2n) is 4.63. The van der Waals surface area contributed by atoms with Gasteiger partial charge in [-0.15, -0.1) is 0 Å². The van der Waals surface area contributed by atoms with Crippen LogP contribution < -0.4 is 5.32 Å². The van der Waals surface area contributed by atoms with Crippen LogP contribution in [0.1, 0.15) is 25.8 Å². The van der Waals surface area contributed by atoms with Gasteiger partial charge in [0.15, 0.2) is 0 Å². The smallest absolute Gasteiger partial charge is 0.273 e. The predicted octanol–water partition coefficient (Wildman–Crippen LogP) is 2.09. The van der Waals surface area contributed by atoms with Gasteiger partial charge < -0.3 is 10.4 Å². The number of nitro groups is 1. The molecular formula is C13H20N2O3. The normalized spacial score (nSPS) is 12.7. The van der Waals surface area contributed by atoms with Crippen LogP contribution in [0.2, 0.25) is 0 Å². The van der Waals surface area contributed by atoms with Crippen molar-refractivity contribution in [1.82, 2.24) is 5.32 Å².